The molecule has 1 fully saturated rings. The third-order valence-corrected chi connectivity index (χ3v) is 4.89. The van der Waals surface area contributed by atoms with Gasteiger partial charge in [0, 0.05) is 46.0 Å². The lowest BCUT2D eigenvalue weighted by Gasteiger charge is -2.24. The molecule has 1 aliphatic rings. The van der Waals surface area contributed by atoms with Crippen LogP contribution in [0.25, 0.3) is 0 Å². The first-order valence-corrected chi connectivity index (χ1v) is 10.2. The van der Waals surface area contributed by atoms with E-state index in [0.717, 1.165) is 43.3 Å². The number of sulfone groups is 1. The Morgan fingerprint density at radius 2 is 2.00 bits per heavy atom. The van der Waals surface area contributed by atoms with E-state index in [4.69, 9.17) is 4.74 Å². The second-order valence-corrected chi connectivity index (χ2v) is 8.54. The fraction of sp³-hybridized carbons (Fsp3) is 0.588. The SMILES string of the molecule is CN=C(NCc1ccc(CS(C)(=O)=O)cc1)N(C)CC1CCOC1. The van der Waals surface area contributed by atoms with Gasteiger partial charge in [0.15, 0.2) is 15.8 Å². The molecule has 134 valence electrons. The van der Waals surface area contributed by atoms with Gasteiger partial charge in [-0.2, -0.15) is 0 Å². The van der Waals surface area contributed by atoms with Crippen molar-refractivity contribution in [3.63, 3.8) is 0 Å². The van der Waals surface area contributed by atoms with Gasteiger partial charge in [-0.25, -0.2) is 8.42 Å². The largest absolute Gasteiger partial charge is 0.381 e. The Kier molecular flexibility index (Phi) is 6.62. The number of rotatable bonds is 6. The molecule has 0 aromatic heterocycles. The van der Waals surface area contributed by atoms with Crippen molar-refractivity contribution in [3.05, 3.63) is 35.4 Å². The monoisotopic (exact) mass is 353 g/mol. The van der Waals surface area contributed by atoms with Gasteiger partial charge in [0.25, 0.3) is 0 Å². The first kappa shape index (κ1) is 18.7. The summed E-state index contributed by atoms with van der Waals surface area (Å²) >= 11 is 0. The average molecular weight is 353 g/mol. The Morgan fingerprint density at radius 1 is 1.33 bits per heavy atom. The smallest absolute Gasteiger partial charge is 0.193 e. The minimum atomic E-state index is -2.99. The molecule has 1 atom stereocenters. The standard InChI is InChI=1S/C17H27N3O3S/c1-18-17(20(2)11-16-8-9-23-12-16)19-10-14-4-6-15(7-5-14)13-24(3,21)22/h4-7,16H,8-13H2,1-3H3,(H,18,19). The van der Waals surface area contributed by atoms with Gasteiger partial charge in [0.05, 0.1) is 12.4 Å². The Bertz CT molecular complexity index is 650. The molecule has 1 heterocycles. The first-order valence-electron chi connectivity index (χ1n) is 8.12. The van der Waals surface area contributed by atoms with Crippen LogP contribution < -0.4 is 5.32 Å². The molecule has 1 unspecified atom stereocenters. The van der Waals surface area contributed by atoms with E-state index in [1.807, 2.05) is 31.3 Å². The van der Waals surface area contributed by atoms with Crippen molar-refractivity contribution >= 4 is 15.8 Å². The van der Waals surface area contributed by atoms with Crippen LogP contribution in [0.1, 0.15) is 17.5 Å². The molecule has 6 nitrogen and oxygen atoms in total. The summed E-state index contributed by atoms with van der Waals surface area (Å²) in [7, 11) is 0.813. The van der Waals surface area contributed by atoms with Crippen molar-refractivity contribution < 1.29 is 13.2 Å². The van der Waals surface area contributed by atoms with E-state index in [0.29, 0.717) is 12.5 Å². The fourth-order valence-corrected chi connectivity index (χ4v) is 3.62. The summed E-state index contributed by atoms with van der Waals surface area (Å²) in [5, 5.41) is 3.34. The predicted molar refractivity (Wildman–Crippen MR) is 96.7 cm³/mol. The summed E-state index contributed by atoms with van der Waals surface area (Å²) in [6.07, 6.45) is 2.35. The number of benzene rings is 1. The molecule has 1 N–H and O–H groups in total. The average Bonchev–Trinajstić information content (AvgIpc) is 3.01. The highest BCUT2D eigenvalue weighted by Crippen LogP contribution is 2.13. The van der Waals surface area contributed by atoms with Crippen LogP contribution in [-0.2, 0) is 26.9 Å². The molecule has 1 aromatic rings. The Labute approximate surface area is 144 Å². The maximum absolute atomic E-state index is 11.3. The zero-order valence-corrected chi connectivity index (χ0v) is 15.5. The molecular formula is C17H27N3O3S. The van der Waals surface area contributed by atoms with E-state index >= 15 is 0 Å². The zero-order chi connectivity index (χ0) is 17.6. The third-order valence-electron chi connectivity index (χ3n) is 4.03. The van der Waals surface area contributed by atoms with Crippen molar-refractivity contribution in [2.45, 2.75) is 18.7 Å². The number of hydrogen-bond acceptors (Lipinski definition) is 4. The van der Waals surface area contributed by atoms with Crippen LogP contribution in [-0.4, -0.2) is 59.4 Å². The predicted octanol–water partition coefficient (Wildman–Crippen LogP) is 1.27. The molecule has 0 aliphatic carbocycles. The summed E-state index contributed by atoms with van der Waals surface area (Å²) in [4.78, 5) is 6.44. The van der Waals surface area contributed by atoms with Crippen LogP contribution in [0, 0.1) is 5.92 Å². The van der Waals surface area contributed by atoms with E-state index in [1.54, 1.807) is 7.05 Å². The van der Waals surface area contributed by atoms with Crippen LogP contribution >= 0.6 is 0 Å². The number of nitrogens with zero attached hydrogens (tertiary/aromatic N) is 2. The molecule has 24 heavy (non-hydrogen) atoms. The van der Waals surface area contributed by atoms with Gasteiger partial charge in [0.1, 0.15) is 0 Å². The molecule has 0 spiro atoms. The number of aliphatic imine (C=N–C) groups is 1. The van der Waals surface area contributed by atoms with Crippen LogP contribution in [0.2, 0.25) is 0 Å². The zero-order valence-electron chi connectivity index (χ0n) is 14.7. The summed E-state index contributed by atoms with van der Waals surface area (Å²) in [6, 6.07) is 7.62. The summed E-state index contributed by atoms with van der Waals surface area (Å²) in [6.45, 7) is 3.25. The Hall–Kier alpha value is -1.60. The summed E-state index contributed by atoms with van der Waals surface area (Å²) in [5.74, 6) is 1.49. The molecule has 0 bridgehead atoms. The molecule has 1 aliphatic heterocycles. The second kappa shape index (κ2) is 8.48. The minimum Gasteiger partial charge on any atom is -0.381 e. The van der Waals surface area contributed by atoms with E-state index in [-0.39, 0.29) is 5.75 Å². The van der Waals surface area contributed by atoms with Crippen molar-refractivity contribution in [1.29, 1.82) is 0 Å². The van der Waals surface area contributed by atoms with E-state index in [1.165, 1.54) is 6.26 Å². The van der Waals surface area contributed by atoms with Crippen LogP contribution in [0.15, 0.2) is 29.3 Å². The van der Waals surface area contributed by atoms with Crippen molar-refractivity contribution in [2.75, 3.05) is 40.1 Å². The summed E-state index contributed by atoms with van der Waals surface area (Å²) in [5.41, 5.74) is 1.90. The van der Waals surface area contributed by atoms with Crippen molar-refractivity contribution in [2.24, 2.45) is 10.9 Å². The number of nitrogens with one attached hydrogen (secondary N) is 1. The molecule has 2 rings (SSSR count). The molecule has 0 radical (unpaired) electrons. The van der Waals surface area contributed by atoms with Gasteiger partial charge in [-0.15, -0.1) is 0 Å². The normalized spacial score (nSPS) is 18.6. The van der Waals surface area contributed by atoms with Crippen LogP contribution in [0.3, 0.4) is 0 Å². The topological polar surface area (TPSA) is 71.0 Å². The van der Waals surface area contributed by atoms with Gasteiger partial charge < -0.3 is 15.0 Å². The number of hydrogen-bond donors (Lipinski definition) is 1. The fourth-order valence-electron chi connectivity index (χ4n) is 2.82. The Balaban J connectivity index is 1.86. The van der Waals surface area contributed by atoms with Gasteiger partial charge in [0.2, 0.25) is 0 Å². The molecule has 0 amide bonds. The molecule has 7 heteroatoms. The lowest BCUT2D eigenvalue weighted by molar-refractivity contribution is 0.181. The lowest BCUT2D eigenvalue weighted by atomic mass is 10.1. The second-order valence-electron chi connectivity index (χ2n) is 6.40. The van der Waals surface area contributed by atoms with Crippen LogP contribution in [0.5, 0.6) is 0 Å². The Morgan fingerprint density at radius 3 is 2.54 bits per heavy atom. The maximum atomic E-state index is 11.3. The van der Waals surface area contributed by atoms with E-state index in [9.17, 15) is 8.42 Å². The van der Waals surface area contributed by atoms with E-state index < -0.39 is 9.84 Å². The lowest BCUT2D eigenvalue weighted by Crippen LogP contribution is -2.41. The third kappa shape index (κ3) is 6.13. The van der Waals surface area contributed by atoms with Crippen molar-refractivity contribution in [3.8, 4) is 0 Å². The quantitative estimate of drug-likeness (QED) is 0.616. The molecular weight excluding hydrogens is 326 g/mol. The molecule has 0 saturated carbocycles. The molecule has 1 saturated heterocycles. The number of ether oxygens (including phenoxy) is 1. The minimum absolute atomic E-state index is 0.0780. The highest BCUT2D eigenvalue weighted by Gasteiger charge is 2.18. The maximum Gasteiger partial charge on any atom is 0.193 e. The molecule has 1 aromatic carbocycles. The highest BCUT2D eigenvalue weighted by molar-refractivity contribution is 7.89. The van der Waals surface area contributed by atoms with Crippen LogP contribution in [0.4, 0.5) is 0 Å². The first-order chi connectivity index (χ1) is 11.4. The highest BCUT2D eigenvalue weighted by atomic mass is 32.2. The van der Waals surface area contributed by atoms with Gasteiger partial charge >= 0.3 is 0 Å². The van der Waals surface area contributed by atoms with Gasteiger partial charge in [-0.05, 0) is 17.5 Å². The van der Waals surface area contributed by atoms with Crippen molar-refractivity contribution in [1.82, 2.24) is 10.2 Å². The van der Waals surface area contributed by atoms with E-state index in [2.05, 4.69) is 15.2 Å². The van der Waals surface area contributed by atoms with Gasteiger partial charge in [-0.3, -0.25) is 4.99 Å². The summed E-state index contributed by atoms with van der Waals surface area (Å²) < 4.78 is 28.0. The van der Waals surface area contributed by atoms with Gasteiger partial charge in [-0.1, -0.05) is 24.3 Å². The number of guanidine groups is 1.